The zero-order chi connectivity index (χ0) is 14.1. The van der Waals surface area contributed by atoms with Gasteiger partial charge in [0.25, 0.3) is 0 Å². The van der Waals surface area contributed by atoms with E-state index in [1.807, 2.05) is 18.2 Å². The highest BCUT2D eigenvalue weighted by Gasteiger charge is 1.98. The first-order chi connectivity index (χ1) is 9.09. The monoisotopic (exact) mass is 282 g/mol. The maximum atomic E-state index is 5.98. The molecule has 1 aromatic carbocycles. The van der Waals surface area contributed by atoms with E-state index < -0.39 is 0 Å². The molecule has 0 spiro atoms. The van der Waals surface area contributed by atoms with Crippen LogP contribution in [-0.2, 0) is 6.54 Å². The Morgan fingerprint density at radius 3 is 2.58 bits per heavy atom. The van der Waals surface area contributed by atoms with Crippen molar-refractivity contribution < 1.29 is 0 Å². The minimum atomic E-state index is 0.646. The Bertz CT molecular complexity index is 364. The van der Waals surface area contributed by atoms with Crippen LogP contribution >= 0.6 is 11.6 Å². The third-order valence-corrected chi connectivity index (χ3v) is 3.61. The summed E-state index contributed by atoms with van der Waals surface area (Å²) in [6.07, 6.45) is 6.65. The molecular formula is C16H27ClN2. The Labute approximate surface area is 122 Å². The van der Waals surface area contributed by atoms with Crippen LogP contribution < -0.4 is 11.1 Å². The molecule has 3 heteroatoms. The number of nitrogens with one attached hydrogen (secondary N) is 1. The summed E-state index contributed by atoms with van der Waals surface area (Å²) in [5, 5.41) is 4.09. The number of rotatable bonds is 9. The quantitative estimate of drug-likeness (QED) is 0.512. The number of halogens is 1. The fraction of sp³-hybridized carbons (Fsp3) is 0.625. The van der Waals surface area contributed by atoms with Crippen LogP contribution in [0.3, 0.4) is 0 Å². The molecule has 0 bridgehead atoms. The zero-order valence-electron chi connectivity index (χ0n) is 12.2. The lowest BCUT2D eigenvalue weighted by molar-refractivity contribution is 0.512. The number of benzene rings is 1. The van der Waals surface area contributed by atoms with E-state index in [2.05, 4.69) is 19.2 Å². The minimum Gasteiger partial charge on any atom is -0.398 e. The van der Waals surface area contributed by atoms with E-state index >= 15 is 0 Å². The summed E-state index contributed by atoms with van der Waals surface area (Å²) in [5.41, 5.74) is 7.52. The van der Waals surface area contributed by atoms with Crippen molar-refractivity contribution in [3.05, 3.63) is 28.8 Å². The molecule has 0 aliphatic carbocycles. The second-order valence-electron chi connectivity index (χ2n) is 5.63. The molecule has 3 N–H and O–H groups in total. The van der Waals surface area contributed by atoms with Crippen molar-refractivity contribution in [2.45, 2.75) is 52.5 Å². The molecule has 0 heterocycles. The minimum absolute atomic E-state index is 0.646. The van der Waals surface area contributed by atoms with E-state index in [9.17, 15) is 0 Å². The predicted molar refractivity (Wildman–Crippen MR) is 85.5 cm³/mol. The topological polar surface area (TPSA) is 38.0 Å². The van der Waals surface area contributed by atoms with Crippen LogP contribution in [0.5, 0.6) is 0 Å². The molecule has 0 fully saturated rings. The standard InChI is InChI=1S/C16H27ClN2/c1-13(2)7-5-3-4-6-10-19-12-14-8-9-16(18)15(17)11-14/h8-9,11,13,19H,3-7,10,12,18H2,1-2H3. The third-order valence-electron chi connectivity index (χ3n) is 3.28. The van der Waals surface area contributed by atoms with Crippen molar-refractivity contribution >= 4 is 17.3 Å². The van der Waals surface area contributed by atoms with Gasteiger partial charge in [0, 0.05) is 6.54 Å². The van der Waals surface area contributed by atoms with Gasteiger partial charge in [-0.05, 0) is 36.6 Å². The van der Waals surface area contributed by atoms with Crippen molar-refractivity contribution in [3.63, 3.8) is 0 Å². The Balaban J connectivity index is 2.03. The number of hydrogen-bond acceptors (Lipinski definition) is 2. The van der Waals surface area contributed by atoms with Crippen LogP contribution in [0.1, 0.15) is 51.5 Å². The molecule has 0 unspecified atom stereocenters. The number of unbranched alkanes of at least 4 members (excludes halogenated alkanes) is 3. The molecule has 1 aromatic rings. The highest BCUT2D eigenvalue weighted by Crippen LogP contribution is 2.19. The lowest BCUT2D eigenvalue weighted by atomic mass is 10.0. The van der Waals surface area contributed by atoms with Crippen molar-refractivity contribution in [2.75, 3.05) is 12.3 Å². The van der Waals surface area contributed by atoms with E-state index in [1.54, 1.807) is 0 Å². The molecule has 0 aliphatic heterocycles. The highest BCUT2D eigenvalue weighted by atomic mass is 35.5. The van der Waals surface area contributed by atoms with Gasteiger partial charge < -0.3 is 11.1 Å². The molecule has 0 saturated heterocycles. The first-order valence-electron chi connectivity index (χ1n) is 7.34. The lowest BCUT2D eigenvalue weighted by Gasteiger charge is -2.07. The maximum Gasteiger partial charge on any atom is 0.0638 e. The highest BCUT2D eigenvalue weighted by molar-refractivity contribution is 6.33. The van der Waals surface area contributed by atoms with E-state index in [1.165, 1.54) is 37.7 Å². The van der Waals surface area contributed by atoms with Crippen LogP contribution in [0.25, 0.3) is 0 Å². The molecule has 0 aromatic heterocycles. The van der Waals surface area contributed by atoms with E-state index in [0.29, 0.717) is 10.7 Å². The van der Waals surface area contributed by atoms with Crippen molar-refractivity contribution in [1.29, 1.82) is 0 Å². The van der Waals surface area contributed by atoms with Crippen molar-refractivity contribution in [1.82, 2.24) is 5.32 Å². The van der Waals surface area contributed by atoms with Crippen LogP contribution in [-0.4, -0.2) is 6.54 Å². The Morgan fingerprint density at radius 1 is 1.16 bits per heavy atom. The number of anilines is 1. The molecule has 0 aliphatic rings. The zero-order valence-corrected chi connectivity index (χ0v) is 13.0. The lowest BCUT2D eigenvalue weighted by Crippen LogP contribution is -2.14. The summed E-state index contributed by atoms with van der Waals surface area (Å²) in [7, 11) is 0. The van der Waals surface area contributed by atoms with Gasteiger partial charge in [0.15, 0.2) is 0 Å². The first kappa shape index (κ1) is 16.3. The molecule has 0 atom stereocenters. The summed E-state index contributed by atoms with van der Waals surface area (Å²) in [6, 6.07) is 5.83. The fourth-order valence-electron chi connectivity index (χ4n) is 2.07. The molecule has 19 heavy (non-hydrogen) atoms. The van der Waals surface area contributed by atoms with Crippen LogP contribution in [0.4, 0.5) is 5.69 Å². The van der Waals surface area contributed by atoms with Gasteiger partial charge >= 0.3 is 0 Å². The van der Waals surface area contributed by atoms with Gasteiger partial charge in [-0.1, -0.05) is 57.2 Å². The number of nitrogen functional groups attached to an aromatic ring is 1. The molecule has 108 valence electrons. The van der Waals surface area contributed by atoms with Crippen molar-refractivity contribution in [2.24, 2.45) is 5.92 Å². The van der Waals surface area contributed by atoms with Crippen molar-refractivity contribution in [3.8, 4) is 0 Å². The molecule has 0 amide bonds. The second kappa shape index (κ2) is 9.22. The first-order valence-corrected chi connectivity index (χ1v) is 7.72. The molecule has 0 saturated carbocycles. The van der Waals surface area contributed by atoms with Gasteiger partial charge in [-0.15, -0.1) is 0 Å². The maximum absolute atomic E-state index is 5.98. The van der Waals surface area contributed by atoms with Gasteiger partial charge in [0.1, 0.15) is 0 Å². The van der Waals surface area contributed by atoms with Gasteiger partial charge in [-0.3, -0.25) is 0 Å². The van der Waals surface area contributed by atoms with Gasteiger partial charge in [-0.2, -0.15) is 0 Å². The number of nitrogens with two attached hydrogens (primary N) is 1. The van der Waals surface area contributed by atoms with Crippen LogP contribution in [0, 0.1) is 5.92 Å². The Kier molecular flexibility index (Phi) is 7.92. The van der Waals surface area contributed by atoms with E-state index in [4.69, 9.17) is 17.3 Å². The summed E-state index contributed by atoms with van der Waals surface area (Å²) in [6.45, 7) is 6.52. The molecule has 2 nitrogen and oxygen atoms in total. The summed E-state index contributed by atoms with van der Waals surface area (Å²) >= 11 is 5.98. The van der Waals surface area contributed by atoms with E-state index in [0.717, 1.165) is 19.0 Å². The summed E-state index contributed by atoms with van der Waals surface area (Å²) < 4.78 is 0. The fourth-order valence-corrected chi connectivity index (χ4v) is 2.27. The van der Waals surface area contributed by atoms with Gasteiger partial charge in [0.2, 0.25) is 0 Å². The average molecular weight is 283 g/mol. The number of hydrogen-bond donors (Lipinski definition) is 2. The second-order valence-corrected chi connectivity index (χ2v) is 6.04. The Morgan fingerprint density at radius 2 is 1.89 bits per heavy atom. The molecular weight excluding hydrogens is 256 g/mol. The molecule has 1 rings (SSSR count). The van der Waals surface area contributed by atoms with Crippen LogP contribution in [0.15, 0.2) is 18.2 Å². The van der Waals surface area contributed by atoms with Gasteiger partial charge in [-0.25, -0.2) is 0 Å². The summed E-state index contributed by atoms with van der Waals surface area (Å²) in [5.74, 6) is 0.841. The largest absolute Gasteiger partial charge is 0.398 e. The predicted octanol–water partition coefficient (Wildman–Crippen LogP) is 4.62. The Hall–Kier alpha value is -0.730. The normalized spacial score (nSPS) is 11.2. The summed E-state index contributed by atoms with van der Waals surface area (Å²) in [4.78, 5) is 0. The molecule has 0 radical (unpaired) electrons. The van der Waals surface area contributed by atoms with Gasteiger partial charge in [0.05, 0.1) is 10.7 Å². The van der Waals surface area contributed by atoms with E-state index in [-0.39, 0.29) is 0 Å². The smallest absolute Gasteiger partial charge is 0.0638 e. The average Bonchev–Trinajstić information content (AvgIpc) is 2.36. The SMILES string of the molecule is CC(C)CCCCCCNCc1ccc(N)c(Cl)c1. The van der Waals surface area contributed by atoms with Crippen LogP contribution in [0.2, 0.25) is 5.02 Å². The third kappa shape index (κ3) is 7.44.